The molecule has 2 aromatic carbocycles. The molecule has 3 N–H and O–H groups in total. The summed E-state index contributed by atoms with van der Waals surface area (Å²) in [5, 5.41) is 10.5. The number of nitrogens with two attached hydrogens (primary N) is 1. The summed E-state index contributed by atoms with van der Waals surface area (Å²) < 4.78 is 0. The van der Waals surface area contributed by atoms with Crippen LogP contribution in [0.25, 0.3) is 0 Å². The lowest BCUT2D eigenvalue weighted by Crippen LogP contribution is -1.96. The Balaban J connectivity index is 2.38. The van der Waals surface area contributed by atoms with Crippen LogP contribution >= 0.6 is 23.2 Å². The third-order valence-corrected chi connectivity index (χ3v) is 3.12. The van der Waals surface area contributed by atoms with Crippen molar-refractivity contribution < 1.29 is 5.11 Å². The molecule has 2 rings (SSSR count). The molecule has 0 fully saturated rings. The van der Waals surface area contributed by atoms with Crippen LogP contribution in [-0.2, 0) is 6.54 Å². The first-order chi connectivity index (χ1) is 9.11. The smallest absolute Gasteiger partial charge is 0.143 e. The van der Waals surface area contributed by atoms with Gasteiger partial charge in [-0.2, -0.15) is 0 Å². The van der Waals surface area contributed by atoms with Gasteiger partial charge in [0.05, 0.1) is 10.7 Å². The molecule has 0 heterocycles. The molecule has 0 spiro atoms. The number of aromatic hydroxyl groups is 1. The van der Waals surface area contributed by atoms with Crippen molar-refractivity contribution >= 4 is 35.1 Å². The lowest BCUT2D eigenvalue weighted by Gasteiger charge is -2.04. The van der Waals surface area contributed by atoms with E-state index < -0.39 is 0 Å². The van der Waals surface area contributed by atoms with E-state index in [1.54, 1.807) is 6.07 Å². The van der Waals surface area contributed by atoms with Gasteiger partial charge in [-0.25, -0.2) is 0 Å². The first-order valence-electron chi connectivity index (χ1n) is 5.62. The Morgan fingerprint density at radius 3 is 2.68 bits per heavy atom. The summed E-state index contributed by atoms with van der Waals surface area (Å²) in [6.45, 7) is 0.399. The molecule has 19 heavy (non-hydrogen) atoms. The lowest BCUT2D eigenvalue weighted by atomic mass is 10.2. The van der Waals surface area contributed by atoms with Gasteiger partial charge in [-0.1, -0.05) is 41.4 Å². The van der Waals surface area contributed by atoms with E-state index in [2.05, 4.69) is 4.99 Å². The molecule has 2 aromatic rings. The fraction of sp³-hybridized carbons (Fsp3) is 0.0714. The van der Waals surface area contributed by atoms with E-state index in [1.165, 1.54) is 12.3 Å². The maximum absolute atomic E-state index is 9.82. The van der Waals surface area contributed by atoms with Gasteiger partial charge in [-0.05, 0) is 23.8 Å². The van der Waals surface area contributed by atoms with E-state index >= 15 is 0 Å². The summed E-state index contributed by atoms with van der Waals surface area (Å²) in [7, 11) is 0. The van der Waals surface area contributed by atoms with Crippen molar-refractivity contribution in [1.82, 2.24) is 0 Å². The van der Waals surface area contributed by atoms with Crippen LogP contribution in [0.3, 0.4) is 0 Å². The highest BCUT2D eigenvalue weighted by Gasteiger charge is 2.06. The van der Waals surface area contributed by atoms with Gasteiger partial charge in [0, 0.05) is 23.3 Å². The van der Waals surface area contributed by atoms with E-state index in [-0.39, 0.29) is 10.8 Å². The molecule has 0 saturated heterocycles. The minimum Gasteiger partial charge on any atom is -0.506 e. The van der Waals surface area contributed by atoms with Gasteiger partial charge < -0.3 is 10.8 Å². The van der Waals surface area contributed by atoms with Crippen molar-refractivity contribution in [2.45, 2.75) is 6.54 Å². The Kier molecular flexibility index (Phi) is 4.43. The number of phenolic OH excluding ortho intramolecular Hbond substituents is 1. The number of hydrogen-bond acceptors (Lipinski definition) is 3. The predicted octanol–water partition coefficient (Wildman–Crippen LogP) is 3.91. The molecule has 0 aliphatic rings. The predicted molar refractivity (Wildman–Crippen MR) is 79.7 cm³/mol. The SMILES string of the molecule is NCc1ccccc1/N=C/c1cc(Cl)cc(Cl)c1O. The van der Waals surface area contributed by atoms with E-state index in [1.807, 2.05) is 24.3 Å². The molecule has 0 aliphatic heterocycles. The zero-order chi connectivity index (χ0) is 13.8. The van der Waals surface area contributed by atoms with E-state index in [4.69, 9.17) is 28.9 Å². The van der Waals surface area contributed by atoms with Crippen LogP contribution in [0.1, 0.15) is 11.1 Å². The summed E-state index contributed by atoms with van der Waals surface area (Å²) in [6.07, 6.45) is 1.52. The summed E-state index contributed by atoms with van der Waals surface area (Å²) in [6, 6.07) is 10.6. The topological polar surface area (TPSA) is 58.6 Å². The highest BCUT2D eigenvalue weighted by Crippen LogP contribution is 2.30. The Labute approximate surface area is 121 Å². The van der Waals surface area contributed by atoms with Crippen molar-refractivity contribution in [1.29, 1.82) is 0 Å². The second kappa shape index (κ2) is 6.06. The molecular weight excluding hydrogens is 283 g/mol. The fourth-order valence-corrected chi connectivity index (χ4v) is 2.14. The summed E-state index contributed by atoms with van der Waals surface area (Å²) in [5.74, 6) is -0.0416. The van der Waals surface area contributed by atoms with E-state index in [9.17, 15) is 5.11 Å². The second-order valence-electron chi connectivity index (χ2n) is 3.92. The largest absolute Gasteiger partial charge is 0.506 e. The van der Waals surface area contributed by atoms with Crippen LogP contribution in [0.2, 0.25) is 10.0 Å². The van der Waals surface area contributed by atoms with Crippen molar-refractivity contribution in [2.75, 3.05) is 0 Å². The van der Waals surface area contributed by atoms with Crippen molar-refractivity contribution in [3.8, 4) is 5.75 Å². The van der Waals surface area contributed by atoms with Crippen molar-refractivity contribution in [3.05, 3.63) is 57.6 Å². The third kappa shape index (κ3) is 3.26. The fourth-order valence-electron chi connectivity index (χ4n) is 1.63. The number of nitrogens with zero attached hydrogens (tertiary/aromatic N) is 1. The Bertz CT molecular complexity index is 627. The standard InChI is InChI=1S/C14H12Cl2N2O/c15-11-5-10(14(19)12(16)6-11)8-18-13-4-2-1-3-9(13)7-17/h1-6,8,19H,7,17H2/b18-8+. The van der Waals surface area contributed by atoms with Gasteiger partial charge in [-0.15, -0.1) is 0 Å². The van der Waals surface area contributed by atoms with Crippen LogP contribution in [0.4, 0.5) is 5.69 Å². The number of para-hydroxylation sites is 1. The van der Waals surface area contributed by atoms with E-state index in [0.717, 1.165) is 11.3 Å². The van der Waals surface area contributed by atoms with Gasteiger partial charge >= 0.3 is 0 Å². The molecule has 0 saturated carbocycles. The molecule has 0 unspecified atom stereocenters. The average molecular weight is 295 g/mol. The van der Waals surface area contributed by atoms with Gasteiger partial charge in [0.1, 0.15) is 5.75 Å². The maximum Gasteiger partial charge on any atom is 0.143 e. The maximum atomic E-state index is 9.82. The van der Waals surface area contributed by atoms with Crippen LogP contribution < -0.4 is 5.73 Å². The number of hydrogen-bond donors (Lipinski definition) is 2. The molecule has 0 aliphatic carbocycles. The van der Waals surface area contributed by atoms with Gasteiger partial charge in [0.15, 0.2) is 0 Å². The highest BCUT2D eigenvalue weighted by atomic mass is 35.5. The van der Waals surface area contributed by atoms with Gasteiger partial charge in [0.25, 0.3) is 0 Å². The van der Waals surface area contributed by atoms with Gasteiger partial charge in [-0.3, -0.25) is 4.99 Å². The minimum atomic E-state index is -0.0416. The van der Waals surface area contributed by atoms with Crippen LogP contribution in [0.5, 0.6) is 5.75 Å². The molecule has 3 nitrogen and oxygen atoms in total. The Hall–Kier alpha value is -1.55. The number of aliphatic imine (C=N–C) groups is 1. The average Bonchev–Trinajstić information content (AvgIpc) is 2.41. The monoisotopic (exact) mass is 294 g/mol. The number of benzene rings is 2. The molecule has 5 heteroatoms. The first-order valence-corrected chi connectivity index (χ1v) is 6.37. The molecular formula is C14H12Cl2N2O. The van der Waals surface area contributed by atoms with Crippen molar-refractivity contribution in [2.24, 2.45) is 10.7 Å². The second-order valence-corrected chi connectivity index (χ2v) is 4.76. The van der Waals surface area contributed by atoms with Gasteiger partial charge in [0.2, 0.25) is 0 Å². The zero-order valence-corrected chi connectivity index (χ0v) is 11.5. The Morgan fingerprint density at radius 1 is 1.21 bits per heavy atom. The van der Waals surface area contributed by atoms with Crippen LogP contribution in [0, 0.1) is 0 Å². The number of halogens is 2. The quantitative estimate of drug-likeness (QED) is 0.843. The Morgan fingerprint density at radius 2 is 1.95 bits per heavy atom. The molecule has 0 aromatic heterocycles. The summed E-state index contributed by atoms with van der Waals surface area (Å²) in [5.41, 5.74) is 7.77. The van der Waals surface area contributed by atoms with Crippen LogP contribution in [-0.4, -0.2) is 11.3 Å². The summed E-state index contributed by atoms with van der Waals surface area (Å²) in [4.78, 5) is 4.31. The summed E-state index contributed by atoms with van der Waals surface area (Å²) >= 11 is 11.7. The molecule has 0 amide bonds. The lowest BCUT2D eigenvalue weighted by molar-refractivity contribution is 0.475. The minimum absolute atomic E-state index is 0.0416. The number of phenols is 1. The highest BCUT2D eigenvalue weighted by molar-refractivity contribution is 6.36. The van der Waals surface area contributed by atoms with Crippen LogP contribution in [0.15, 0.2) is 41.4 Å². The molecule has 0 atom stereocenters. The first kappa shape index (κ1) is 13.9. The third-order valence-electron chi connectivity index (χ3n) is 2.61. The molecule has 0 radical (unpaired) electrons. The zero-order valence-electron chi connectivity index (χ0n) is 9.98. The number of rotatable bonds is 3. The molecule has 0 bridgehead atoms. The molecule has 98 valence electrons. The normalized spacial score (nSPS) is 11.1. The van der Waals surface area contributed by atoms with Crippen molar-refractivity contribution in [3.63, 3.8) is 0 Å². The van der Waals surface area contributed by atoms with E-state index in [0.29, 0.717) is 17.1 Å².